The van der Waals surface area contributed by atoms with E-state index in [2.05, 4.69) is 37.2 Å². The Hall–Kier alpha value is -6.50. The molecule has 2 aliphatic heterocycles. The van der Waals surface area contributed by atoms with Gasteiger partial charge in [0.25, 0.3) is 0 Å². The molecule has 1 aromatic carbocycles. The van der Waals surface area contributed by atoms with Crippen LogP contribution in [0.4, 0.5) is 0 Å². The monoisotopic (exact) mass is 1030 g/mol. The fraction of sp³-hybridized carbons (Fsp3) is 0.638. The number of amides is 11. The zero-order valence-corrected chi connectivity index (χ0v) is 42.9. The lowest BCUT2D eigenvalue weighted by Crippen LogP contribution is -2.62. The molecule has 10 atom stereocenters. The lowest BCUT2D eigenvalue weighted by Gasteiger charge is -2.39. The van der Waals surface area contributed by atoms with E-state index < -0.39 is 156 Å². The minimum Gasteiger partial charge on any atom is -0.508 e. The van der Waals surface area contributed by atoms with Crippen molar-refractivity contribution in [2.75, 3.05) is 18.1 Å². The molecule has 0 saturated carbocycles. The van der Waals surface area contributed by atoms with Crippen LogP contribution in [-0.4, -0.2) is 147 Å². The summed E-state index contributed by atoms with van der Waals surface area (Å²) in [5.41, 5.74) is 22.5. The molecule has 2 saturated heterocycles. The molecular formula is C47H74N12O12S. The predicted molar refractivity (Wildman–Crippen MR) is 265 cm³/mol. The molecule has 0 aromatic heterocycles. The van der Waals surface area contributed by atoms with Gasteiger partial charge in [0, 0.05) is 30.4 Å². The quantitative estimate of drug-likeness (QED) is 0.0748. The maximum atomic E-state index is 15.2. The Balaban J connectivity index is 2.17. The smallest absolute Gasteiger partial charge is 0.246 e. The van der Waals surface area contributed by atoms with Crippen LogP contribution >= 0.6 is 11.8 Å². The van der Waals surface area contributed by atoms with Crippen LogP contribution in [0.2, 0.25) is 0 Å². The number of carbonyl (C=O) groups excluding carboxylic acids is 11. The molecule has 2 heterocycles. The maximum absolute atomic E-state index is 15.2. The molecule has 2 fully saturated rings. The highest BCUT2D eigenvalue weighted by atomic mass is 32.2. The van der Waals surface area contributed by atoms with Crippen molar-refractivity contribution in [3.05, 3.63) is 29.8 Å². The number of aromatic hydroxyl groups is 1. The molecule has 0 unspecified atom stereocenters. The predicted octanol–water partition coefficient (Wildman–Crippen LogP) is -2.84. The number of carbonyl (C=O) groups is 11. The Kier molecular flexibility index (Phi) is 22.7. The third-order valence-corrected chi connectivity index (χ3v) is 13.6. The first-order valence-corrected chi connectivity index (χ1v) is 25.2. The van der Waals surface area contributed by atoms with Crippen molar-refractivity contribution in [2.45, 2.75) is 154 Å². The largest absolute Gasteiger partial charge is 0.508 e. The number of hydrogen-bond donors (Lipinski definition) is 12. The van der Waals surface area contributed by atoms with E-state index in [1.165, 1.54) is 29.2 Å². The van der Waals surface area contributed by atoms with Crippen molar-refractivity contribution in [2.24, 2.45) is 40.2 Å². The summed E-state index contributed by atoms with van der Waals surface area (Å²) in [6, 6.07) is -6.07. The van der Waals surface area contributed by atoms with Gasteiger partial charge in [-0.1, -0.05) is 67.0 Å². The Labute approximate surface area is 423 Å². The summed E-state index contributed by atoms with van der Waals surface area (Å²) >= 11 is 0.952. The summed E-state index contributed by atoms with van der Waals surface area (Å²) < 4.78 is 0. The summed E-state index contributed by atoms with van der Waals surface area (Å²) in [6.45, 7) is 12.1. The van der Waals surface area contributed by atoms with Crippen LogP contribution in [0.15, 0.2) is 24.3 Å². The molecule has 24 nitrogen and oxygen atoms in total. The molecule has 11 amide bonds. The molecule has 72 heavy (non-hydrogen) atoms. The molecule has 400 valence electrons. The summed E-state index contributed by atoms with van der Waals surface area (Å²) in [5.74, 6) is -10.8. The fourth-order valence-electron chi connectivity index (χ4n) is 8.32. The number of benzene rings is 1. The normalized spacial score (nSPS) is 24.9. The number of nitrogens with one attached hydrogen (secondary N) is 7. The lowest BCUT2D eigenvalue weighted by atomic mass is 9.85. The molecule has 3 rings (SSSR count). The molecule has 0 spiro atoms. The van der Waals surface area contributed by atoms with E-state index in [1.807, 2.05) is 34.6 Å². The second-order valence-corrected chi connectivity index (χ2v) is 21.0. The zero-order valence-electron chi connectivity index (χ0n) is 42.0. The van der Waals surface area contributed by atoms with Gasteiger partial charge in [0.05, 0.1) is 19.0 Å². The molecule has 25 heteroatoms. The molecule has 0 aliphatic carbocycles. The lowest BCUT2D eigenvalue weighted by molar-refractivity contribution is -0.145. The van der Waals surface area contributed by atoms with Gasteiger partial charge in [0.1, 0.15) is 48.0 Å². The third kappa shape index (κ3) is 18.3. The number of hydrogen-bond acceptors (Lipinski definition) is 14. The van der Waals surface area contributed by atoms with E-state index in [1.54, 1.807) is 13.8 Å². The number of phenolic OH excluding ortho intramolecular Hbond substituents is 1. The standard InChI is InChI=1S/C47H74N12O12S/c1-8-24(4)38-45(70)53-28(13-16-35(49)61)41(66)55-31(19-36(50)62)42(67)57-32(22-72-21-27(48)39(64)54-30(43(68)58-38)18-25-9-11-26(60)12-10-25)46(71)59-33(14-15-34(59)47(5,6)7)44(69)56-29(17-23(2)3)40(65)52-20-37(51)63/h9-12,23-24,27-34,38,60H,8,13-22,48H2,1-7H3,(H2,49,61)(H2,50,62)(H2,51,63)(H,52,65)(H,53,70)(H,54,64)(H,55,66)(H,56,69)(H,57,67)(H,58,68)/t24-,27-,28-,29-,30-,31-,32-,33-,34+,38-/m0/s1. The SMILES string of the molecule is CC[C@H](C)[C@@H]1NC(=O)[C@H](Cc2ccc(O)cc2)NC(=O)[C@@H](N)CSC[C@@H](C(=O)N2[C@H](C(=O)N[C@@H](CC(C)C)C(=O)NCC(N)=O)CC[C@@H]2C(C)(C)C)NC(=O)[C@H](CC(N)=O)NC(=O)[C@H](CCC(N)=O)NC1=O. The van der Waals surface area contributed by atoms with Gasteiger partial charge in [0.2, 0.25) is 65.0 Å². The minimum atomic E-state index is -1.78. The van der Waals surface area contributed by atoms with E-state index in [-0.39, 0.29) is 42.4 Å². The zero-order chi connectivity index (χ0) is 54.2. The molecule has 2 aliphatic rings. The maximum Gasteiger partial charge on any atom is 0.246 e. The number of thioether (sulfide) groups is 1. The Morgan fingerprint density at radius 1 is 0.778 bits per heavy atom. The second kappa shape index (κ2) is 27.4. The average Bonchev–Trinajstić information content (AvgIpc) is 3.76. The van der Waals surface area contributed by atoms with Crippen molar-refractivity contribution in [1.82, 2.24) is 42.1 Å². The van der Waals surface area contributed by atoms with Gasteiger partial charge < -0.3 is 70.2 Å². The fourth-order valence-corrected chi connectivity index (χ4v) is 9.32. The Bertz CT molecular complexity index is 2160. The molecule has 0 bridgehead atoms. The number of nitrogens with zero attached hydrogens (tertiary/aromatic N) is 1. The first-order valence-electron chi connectivity index (χ1n) is 24.0. The Morgan fingerprint density at radius 2 is 1.38 bits per heavy atom. The van der Waals surface area contributed by atoms with Crippen molar-refractivity contribution in [3.8, 4) is 5.75 Å². The van der Waals surface area contributed by atoms with E-state index in [0.717, 1.165) is 11.8 Å². The van der Waals surface area contributed by atoms with Crippen molar-refractivity contribution >= 4 is 76.7 Å². The number of phenols is 1. The number of primary amides is 3. The van der Waals surface area contributed by atoms with Crippen molar-refractivity contribution in [1.29, 1.82) is 0 Å². The van der Waals surface area contributed by atoms with Gasteiger partial charge in [-0.05, 0) is 60.6 Å². The van der Waals surface area contributed by atoms with E-state index in [9.17, 15) is 53.1 Å². The van der Waals surface area contributed by atoms with E-state index in [4.69, 9.17) is 22.9 Å². The van der Waals surface area contributed by atoms with Gasteiger partial charge in [-0.15, -0.1) is 0 Å². The van der Waals surface area contributed by atoms with Crippen LogP contribution < -0.4 is 60.2 Å². The second-order valence-electron chi connectivity index (χ2n) is 19.9. The number of nitrogens with two attached hydrogens (primary N) is 4. The van der Waals surface area contributed by atoms with Crippen LogP contribution in [0.3, 0.4) is 0 Å². The first kappa shape index (κ1) is 59.8. The summed E-state index contributed by atoms with van der Waals surface area (Å²) in [5, 5.41) is 27.9. The minimum absolute atomic E-state index is 0.0559. The summed E-state index contributed by atoms with van der Waals surface area (Å²) in [6.07, 6.45) is -0.839. The van der Waals surface area contributed by atoms with Crippen LogP contribution in [0.5, 0.6) is 5.75 Å². The highest BCUT2D eigenvalue weighted by molar-refractivity contribution is 7.99. The topological polar surface area (TPSA) is 400 Å². The van der Waals surface area contributed by atoms with Crippen LogP contribution in [-0.2, 0) is 59.2 Å². The van der Waals surface area contributed by atoms with E-state index >= 15 is 4.79 Å². The first-order chi connectivity index (χ1) is 33.6. The summed E-state index contributed by atoms with van der Waals surface area (Å²) in [4.78, 5) is 151. The average molecular weight is 1030 g/mol. The van der Waals surface area contributed by atoms with Gasteiger partial charge in [-0.3, -0.25) is 52.7 Å². The number of likely N-dealkylation sites (tertiary alicyclic amines) is 1. The van der Waals surface area contributed by atoms with Crippen LogP contribution in [0, 0.1) is 17.3 Å². The van der Waals surface area contributed by atoms with Crippen molar-refractivity contribution < 1.29 is 57.8 Å². The third-order valence-electron chi connectivity index (χ3n) is 12.4. The van der Waals surface area contributed by atoms with Crippen molar-refractivity contribution in [3.63, 3.8) is 0 Å². The van der Waals surface area contributed by atoms with Gasteiger partial charge in [0.15, 0.2) is 0 Å². The van der Waals surface area contributed by atoms with Gasteiger partial charge in [-0.2, -0.15) is 11.8 Å². The highest BCUT2D eigenvalue weighted by Gasteiger charge is 2.48. The molecule has 1 aromatic rings. The van der Waals surface area contributed by atoms with Gasteiger partial charge >= 0.3 is 0 Å². The van der Waals surface area contributed by atoms with Crippen LogP contribution in [0.25, 0.3) is 0 Å². The molecule has 0 radical (unpaired) electrons. The molecule has 16 N–H and O–H groups in total. The highest BCUT2D eigenvalue weighted by Crippen LogP contribution is 2.37. The Morgan fingerprint density at radius 3 is 1.94 bits per heavy atom. The number of rotatable bonds is 17. The van der Waals surface area contributed by atoms with E-state index in [0.29, 0.717) is 18.4 Å². The van der Waals surface area contributed by atoms with Crippen LogP contribution in [0.1, 0.15) is 99.0 Å². The van der Waals surface area contributed by atoms with Gasteiger partial charge in [-0.25, -0.2) is 0 Å². The molecular weight excluding hydrogens is 957 g/mol. The summed E-state index contributed by atoms with van der Waals surface area (Å²) in [7, 11) is 0.